The molecule has 1 aromatic carbocycles. The van der Waals surface area contributed by atoms with Crippen LogP contribution in [0.2, 0.25) is 0 Å². The van der Waals surface area contributed by atoms with Gasteiger partial charge in [0.25, 0.3) is 5.56 Å². The molecule has 3 N–H and O–H groups in total. The fourth-order valence-corrected chi connectivity index (χ4v) is 5.13. The van der Waals surface area contributed by atoms with E-state index >= 15 is 0 Å². The molecule has 0 atom stereocenters. The van der Waals surface area contributed by atoms with E-state index in [4.69, 9.17) is 9.72 Å². The summed E-state index contributed by atoms with van der Waals surface area (Å²) in [5.74, 6) is 1.48. The molecule has 8 nitrogen and oxygen atoms in total. The number of aliphatic hydroxyl groups excluding tert-OH is 1. The lowest BCUT2D eigenvalue weighted by Crippen LogP contribution is -2.35. The molecule has 0 radical (unpaired) electrons. The van der Waals surface area contributed by atoms with Gasteiger partial charge in [0, 0.05) is 25.6 Å². The minimum Gasteiger partial charge on any atom is -0.496 e. The van der Waals surface area contributed by atoms with Crippen LogP contribution in [0.4, 0.5) is 0 Å². The number of aromatic nitrogens is 4. The Kier molecular flexibility index (Phi) is 5.97. The van der Waals surface area contributed by atoms with Gasteiger partial charge in [-0.05, 0) is 43.4 Å². The van der Waals surface area contributed by atoms with Crippen molar-refractivity contribution < 1.29 is 9.84 Å². The number of benzene rings is 1. The number of ether oxygens (including phenoxy) is 1. The second-order valence-corrected chi connectivity index (χ2v) is 9.12. The molecule has 32 heavy (non-hydrogen) atoms. The molecule has 2 fully saturated rings. The van der Waals surface area contributed by atoms with Gasteiger partial charge in [-0.3, -0.25) is 14.8 Å². The molecule has 170 valence electrons. The predicted molar refractivity (Wildman–Crippen MR) is 123 cm³/mol. The zero-order valence-corrected chi connectivity index (χ0v) is 18.6. The molecule has 0 bridgehead atoms. The Balaban J connectivity index is 1.43. The van der Waals surface area contributed by atoms with E-state index in [1.54, 1.807) is 7.11 Å². The first-order chi connectivity index (χ1) is 15.6. The lowest BCUT2D eigenvalue weighted by molar-refractivity contribution is 0.0792. The molecular formula is C24H31N5O3. The Morgan fingerprint density at radius 3 is 2.69 bits per heavy atom. The number of hydrogen-bond acceptors (Lipinski definition) is 6. The van der Waals surface area contributed by atoms with Crippen molar-refractivity contribution in [2.45, 2.75) is 63.5 Å². The fraction of sp³-hybridized carbons (Fsp3) is 0.542. The summed E-state index contributed by atoms with van der Waals surface area (Å²) in [4.78, 5) is 23.0. The third-order valence-electron chi connectivity index (χ3n) is 6.93. The fourth-order valence-electron chi connectivity index (χ4n) is 5.13. The van der Waals surface area contributed by atoms with E-state index in [0.29, 0.717) is 28.5 Å². The summed E-state index contributed by atoms with van der Waals surface area (Å²) in [6.07, 6.45) is 7.22. The van der Waals surface area contributed by atoms with E-state index in [1.807, 2.05) is 18.2 Å². The van der Waals surface area contributed by atoms with Crippen LogP contribution >= 0.6 is 0 Å². The van der Waals surface area contributed by atoms with Crippen LogP contribution in [-0.2, 0) is 6.54 Å². The van der Waals surface area contributed by atoms with E-state index in [2.05, 4.69) is 20.1 Å². The lowest BCUT2D eigenvalue weighted by Gasteiger charge is -2.29. The summed E-state index contributed by atoms with van der Waals surface area (Å²) in [6.45, 7) is 2.58. The van der Waals surface area contributed by atoms with E-state index in [9.17, 15) is 9.90 Å². The van der Waals surface area contributed by atoms with Crippen molar-refractivity contribution in [3.8, 4) is 17.1 Å². The summed E-state index contributed by atoms with van der Waals surface area (Å²) >= 11 is 0. The number of methoxy groups -OCH3 is 1. The zero-order chi connectivity index (χ0) is 22.1. The maximum Gasteiger partial charge on any atom is 0.262 e. The van der Waals surface area contributed by atoms with Crippen LogP contribution in [0.5, 0.6) is 5.75 Å². The number of fused-ring (bicyclic) bond motifs is 1. The van der Waals surface area contributed by atoms with Crippen molar-refractivity contribution in [3.05, 3.63) is 39.8 Å². The van der Waals surface area contributed by atoms with E-state index in [0.717, 1.165) is 62.1 Å². The number of nitrogens with one attached hydrogen (secondary N) is 2. The number of nitrogens with zero attached hydrogens (tertiary/aromatic N) is 3. The third kappa shape index (κ3) is 4.17. The Bertz CT molecular complexity index is 1140. The molecule has 1 saturated carbocycles. The highest BCUT2D eigenvalue weighted by Gasteiger charge is 2.24. The van der Waals surface area contributed by atoms with Crippen molar-refractivity contribution in [2.24, 2.45) is 0 Å². The second kappa shape index (κ2) is 9.03. The molecule has 8 heteroatoms. The highest BCUT2D eigenvalue weighted by Crippen LogP contribution is 2.34. The van der Waals surface area contributed by atoms with Crippen LogP contribution in [0, 0.1) is 0 Å². The van der Waals surface area contributed by atoms with Crippen LogP contribution < -0.4 is 10.3 Å². The lowest BCUT2D eigenvalue weighted by atomic mass is 9.86. The first kappa shape index (κ1) is 21.2. The zero-order valence-electron chi connectivity index (χ0n) is 18.6. The number of likely N-dealkylation sites (tertiary alicyclic amines) is 1. The number of rotatable bonds is 5. The topological polar surface area (TPSA) is 107 Å². The monoisotopic (exact) mass is 437 g/mol. The SMILES string of the molecule is COc1cc(CN2CCC(O)CC2)ccc1-c1nc2[nH]nc(C3CCCCC3)c2c(=O)[nH]1. The van der Waals surface area contributed by atoms with Crippen LogP contribution in [0.3, 0.4) is 0 Å². The largest absolute Gasteiger partial charge is 0.496 e. The second-order valence-electron chi connectivity index (χ2n) is 9.12. The van der Waals surface area contributed by atoms with Crippen LogP contribution in [0.15, 0.2) is 23.0 Å². The van der Waals surface area contributed by atoms with Crippen molar-refractivity contribution in [1.29, 1.82) is 0 Å². The molecule has 2 aliphatic rings. The first-order valence-corrected chi connectivity index (χ1v) is 11.7. The number of aromatic amines is 2. The molecule has 0 amide bonds. The van der Waals surface area contributed by atoms with Gasteiger partial charge in [0.1, 0.15) is 17.0 Å². The van der Waals surface area contributed by atoms with Crippen LogP contribution in [0.25, 0.3) is 22.4 Å². The Labute approximate surface area is 187 Å². The highest BCUT2D eigenvalue weighted by atomic mass is 16.5. The molecule has 5 rings (SSSR count). The maximum absolute atomic E-state index is 13.0. The number of piperidine rings is 1. The maximum atomic E-state index is 13.0. The van der Waals surface area contributed by atoms with Crippen molar-refractivity contribution in [3.63, 3.8) is 0 Å². The summed E-state index contributed by atoms with van der Waals surface area (Å²) in [7, 11) is 1.63. The molecule has 1 saturated heterocycles. The molecule has 2 aromatic heterocycles. The first-order valence-electron chi connectivity index (χ1n) is 11.7. The summed E-state index contributed by atoms with van der Waals surface area (Å²) in [5.41, 5.74) is 3.11. The quantitative estimate of drug-likeness (QED) is 0.565. The standard InChI is InChI=1S/C24H31N5O3/c1-32-19-13-15(14-29-11-9-17(30)10-12-29)7-8-18(19)22-25-23-20(24(31)26-22)21(27-28-23)16-5-3-2-4-6-16/h7-8,13,16-17,30H,2-6,9-12,14H2,1H3,(H2,25,26,27,28,31). The van der Waals surface area contributed by atoms with Gasteiger partial charge in [0.15, 0.2) is 5.65 Å². The summed E-state index contributed by atoms with van der Waals surface area (Å²) in [6, 6.07) is 6.01. The molecule has 0 spiro atoms. The Hall–Kier alpha value is -2.71. The number of aliphatic hydroxyl groups is 1. The molecular weight excluding hydrogens is 406 g/mol. The van der Waals surface area contributed by atoms with E-state index < -0.39 is 0 Å². The summed E-state index contributed by atoms with van der Waals surface area (Å²) in [5, 5.41) is 17.8. The van der Waals surface area contributed by atoms with Gasteiger partial charge in [0.05, 0.1) is 24.5 Å². The Morgan fingerprint density at radius 2 is 1.94 bits per heavy atom. The van der Waals surface area contributed by atoms with Gasteiger partial charge in [-0.1, -0.05) is 25.3 Å². The molecule has 1 aliphatic carbocycles. The van der Waals surface area contributed by atoms with Crippen LogP contribution in [0.1, 0.15) is 62.1 Å². The highest BCUT2D eigenvalue weighted by molar-refractivity contribution is 5.80. The van der Waals surface area contributed by atoms with Crippen molar-refractivity contribution in [1.82, 2.24) is 25.1 Å². The number of hydrogen-bond donors (Lipinski definition) is 3. The smallest absolute Gasteiger partial charge is 0.262 e. The van der Waals surface area contributed by atoms with Gasteiger partial charge in [0.2, 0.25) is 0 Å². The minimum atomic E-state index is -0.179. The minimum absolute atomic E-state index is 0.155. The predicted octanol–water partition coefficient (Wildman–Crippen LogP) is 3.33. The van der Waals surface area contributed by atoms with Gasteiger partial charge in [-0.25, -0.2) is 4.98 Å². The number of H-pyrrole nitrogens is 2. The normalized spacial score (nSPS) is 18.9. The van der Waals surface area contributed by atoms with Crippen molar-refractivity contribution in [2.75, 3.05) is 20.2 Å². The van der Waals surface area contributed by atoms with Crippen LogP contribution in [-0.4, -0.2) is 56.5 Å². The van der Waals surface area contributed by atoms with Gasteiger partial charge < -0.3 is 14.8 Å². The van der Waals surface area contributed by atoms with E-state index in [-0.39, 0.29) is 11.7 Å². The molecule has 3 heterocycles. The average molecular weight is 438 g/mol. The van der Waals surface area contributed by atoms with Crippen molar-refractivity contribution >= 4 is 11.0 Å². The molecule has 0 unspecified atom stereocenters. The summed E-state index contributed by atoms with van der Waals surface area (Å²) < 4.78 is 5.65. The molecule has 1 aliphatic heterocycles. The molecule has 3 aromatic rings. The van der Waals surface area contributed by atoms with Gasteiger partial charge in [-0.2, -0.15) is 5.10 Å². The average Bonchev–Trinajstić information content (AvgIpc) is 3.26. The third-order valence-corrected chi connectivity index (χ3v) is 6.93. The Morgan fingerprint density at radius 1 is 1.16 bits per heavy atom. The van der Waals surface area contributed by atoms with E-state index in [1.165, 1.54) is 19.3 Å². The van der Waals surface area contributed by atoms with Gasteiger partial charge >= 0.3 is 0 Å². The van der Waals surface area contributed by atoms with Gasteiger partial charge in [-0.15, -0.1) is 0 Å².